The minimum absolute atomic E-state index is 0.0386. The number of esters is 1. The highest BCUT2D eigenvalue weighted by Gasteiger charge is 2.31. The van der Waals surface area contributed by atoms with Crippen molar-refractivity contribution in [3.05, 3.63) is 16.3 Å². The fourth-order valence-electron chi connectivity index (χ4n) is 2.31. The first-order valence-corrected chi connectivity index (χ1v) is 7.27. The van der Waals surface area contributed by atoms with E-state index in [2.05, 4.69) is 5.32 Å². The van der Waals surface area contributed by atoms with E-state index in [4.69, 9.17) is 4.74 Å². The van der Waals surface area contributed by atoms with E-state index in [0.29, 0.717) is 17.1 Å². The van der Waals surface area contributed by atoms with E-state index in [1.807, 2.05) is 18.4 Å². The maximum absolute atomic E-state index is 12.4. The van der Waals surface area contributed by atoms with Crippen LogP contribution in [0.2, 0.25) is 0 Å². The number of methoxy groups -OCH3 is 1. The Kier molecular flexibility index (Phi) is 4.55. The van der Waals surface area contributed by atoms with Gasteiger partial charge in [0.05, 0.1) is 18.8 Å². The Bertz CT molecular complexity index is 470. The van der Waals surface area contributed by atoms with Crippen LogP contribution in [-0.2, 0) is 9.53 Å². The monoisotopic (exact) mass is 282 g/mol. The summed E-state index contributed by atoms with van der Waals surface area (Å²) in [6, 6.07) is 1.66. The van der Waals surface area contributed by atoms with E-state index in [-0.39, 0.29) is 17.9 Å². The first kappa shape index (κ1) is 14.0. The Morgan fingerprint density at radius 3 is 3.11 bits per heavy atom. The number of nitrogens with one attached hydrogen (secondary N) is 1. The summed E-state index contributed by atoms with van der Waals surface area (Å²) in [6.45, 7) is 3.40. The van der Waals surface area contributed by atoms with Crippen LogP contribution in [0.1, 0.15) is 29.4 Å². The maximum atomic E-state index is 12.4. The van der Waals surface area contributed by atoms with Crippen LogP contribution in [0.3, 0.4) is 0 Å². The second kappa shape index (κ2) is 6.16. The fourth-order valence-corrected chi connectivity index (χ4v) is 3.12. The Balaban J connectivity index is 2.23. The molecule has 0 radical (unpaired) electrons. The lowest BCUT2D eigenvalue weighted by molar-refractivity contribution is -0.121. The zero-order valence-electron chi connectivity index (χ0n) is 11.1. The van der Waals surface area contributed by atoms with Gasteiger partial charge in [-0.05, 0) is 30.8 Å². The molecule has 2 rings (SSSR count). The first-order valence-electron chi connectivity index (χ1n) is 6.39. The number of nitrogens with zero attached hydrogens (tertiary/aromatic N) is 1. The Hall–Kier alpha value is -1.40. The number of amides is 1. The third kappa shape index (κ3) is 2.79. The molecule has 1 aliphatic heterocycles. The van der Waals surface area contributed by atoms with E-state index in [9.17, 15) is 9.59 Å². The summed E-state index contributed by atoms with van der Waals surface area (Å²) in [5.74, 6) is -0.347. The van der Waals surface area contributed by atoms with Crippen molar-refractivity contribution >= 4 is 28.9 Å². The number of carbonyl (C=O) groups excluding carboxylic acids is 2. The molecule has 5 nitrogen and oxygen atoms in total. The zero-order chi connectivity index (χ0) is 13.8. The Morgan fingerprint density at radius 1 is 1.63 bits per heavy atom. The Labute approximate surface area is 116 Å². The minimum atomic E-state index is -0.386. The van der Waals surface area contributed by atoms with Crippen molar-refractivity contribution in [3.8, 4) is 0 Å². The van der Waals surface area contributed by atoms with Gasteiger partial charge in [0.1, 0.15) is 4.88 Å². The molecule has 1 saturated heterocycles. The van der Waals surface area contributed by atoms with Crippen LogP contribution in [0, 0.1) is 0 Å². The normalized spacial score (nSPS) is 19.6. The van der Waals surface area contributed by atoms with E-state index < -0.39 is 0 Å². The van der Waals surface area contributed by atoms with E-state index in [1.165, 1.54) is 18.4 Å². The van der Waals surface area contributed by atoms with Crippen LogP contribution in [0.15, 0.2) is 11.4 Å². The molecule has 1 aliphatic rings. The summed E-state index contributed by atoms with van der Waals surface area (Å²) >= 11 is 1.30. The summed E-state index contributed by atoms with van der Waals surface area (Å²) in [5.41, 5.74) is 0.671. The highest BCUT2D eigenvalue weighted by molar-refractivity contribution is 7.12. The van der Waals surface area contributed by atoms with Crippen LogP contribution < -0.4 is 10.2 Å². The molecule has 1 fully saturated rings. The van der Waals surface area contributed by atoms with Crippen molar-refractivity contribution in [1.82, 2.24) is 5.32 Å². The zero-order valence-corrected chi connectivity index (χ0v) is 12.0. The predicted octanol–water partition coefficient (Wildman–Crippen LogP) is 1.64. The minimum Gasteiger partial charge on any atom is -0.465 e. The highest BCUT2D eigenvalue weighted by atomic mass is 32.1. The molecule has 1 aromatic heterocycles. The summed E-state index contributed by atoms with van der Waals surface area (Å²) < 4.78 is 4.75. The fraction of sp³-hybridized carbons (Fsp3) is 0.538. The number of thiophene rings is 1. The average molecular weight is 282 g/mol. The Morgan fingerprint density at radius 2 is 2.42 bits per heavy atom. The molecule has 104 valence electrons. The second-order valence-electron chi connectivity index (χ2n) is 4.37. The largest absolute Gasteiger partial charge is 0.465 e. The number of ether oxygens (including phenoxy) is 1. The van der Waals surface area contributed by atoms with Crippen molar-refractivity contribution < 1.29 is 14.3 Å². The van der Waals surface area contributed by atoms with E-state index in [0.717, 1.165) is 19.4 Å². The molecular formula is C13H18N2O3S. The molecule has 0 saturated carbocycles. The summed E-state index contributed by atoms with van der Waals surface area (Å²) in [4.78, 5) is 26.3. The second-order valence-corrected chi connectivity index (χ2v) is 5.29. The number of hydrogen-bond donors (Lipinski definition) is 1. The van der Waals surface area contributed by atoms with Crippen molar-refractivity contribution in [2.75, 3.05) is 25.1 Å². The lowest BCUT2D eigenvalue weighted by atomic mass is 10.0. The molecule has 1 aromatic rings. The number of anilines is 1. The number of hydrogen-bond acceptors (Lipinski definition) is 5. The molecule has 2 heterocycles. The van der Waals surface area contributed by atoms with Crippen LogP contribution in [0.4, 0.5) is 5.69 Å². The van der Waals surface area contributed by atoms with Gasteiger partial charge < -0.3 is 15.0 Å². The number of carbonyl (C=O) groups is 2. The molecule has 1 amide bonds. The molecule has 0 bridgehead atoms. The molecule has 1 atom stereocenters. The van der Waals surface area contributed by atoms with Gasteiger partial charge in [-0.25, -0.2) is 4.79 Å². The smallest absolute Gasteiger partial charge is 0.350 e. The summed E-state index contributed by atoms with van der Waals surface area (Å²) in [6.07, 6.45) is 1.78. The van der Waals surface area contributed by atoms with Gasteiger partial charge in [0.15, 0.2) is 0 Å². The van der Waals surface area contributed by atoms with Crippen molar-refractivity contribution in [2.45, 2.75) is 25.8 Å². The third-order valence-corrected chi connectivity index (χ3v) is 4.08. The quantitative estimate of drug-likeness (QED) is 0.853. The van der Waals surface area contributed by atoms with Gasteiger partial charge in [-0.2, -0.15) is 0 Å². The van der Waals surface area contributed by atoms with Gasteiger partial charge in [-0.3, -0.25) is 4.79 Å². The maximum Gasteiger partial charge on any atom is 0.350 e. The van der Waals surface area contributed by atoms with Gasteiger partial charge in [-0.1, -0.05) is 6.92 Å². The van der Waals surface area contributed by atoms with Crippen LogP contribution >= 0.6 is 11.3 Å². The third-order valence-electron chi connectivity index (χ3n) is 3.20. The SMILES string of the molecule is CCNC1CCCN(c2ccsc2C(=O)OC)C1=O. The van der Waals surface area contributed by atoms with E-state index in [1.54, 1.807) is 4.90 Å². The number of likely N-dealkylation sites (N-methyl/N-ethyl adjacent to an activating group) is 1. The predicted molar refractivity (Wildman–Crippen MR) is 74.7 cm³/mol. The highest BCUT2D eigenvalue weighted by Crippen LogP contribution is 2.30. The topological polar surface area (TPSA) is 58.6 Å². The molecule has 0 aromatic carbocycles. The van der Waals surface area contributed by atoms with Gasteiger partial charge >= 0.3 is 5.97 Å². The summed E-state index contributed by atoms with van der Waals surface area (Å²) in [5, 5.41) is 5.00. The summed E-state index contributed by atoms with van der Waals surface area (Å²) in [7, 11) is 1.35. The molecule has 0 spiro atoms. The van der Waals surface area contributed by atoms with Crippen LogP contribution in [0.5, 0.6) is 0 Å². The number of piperidine rings is 1. The van der Waals surface area contributed by atoms with Gasteiger partial charge in [0.25, 0.3) is 0 Å². The molecular weight excluding hydrogens is 264 g/mol. The molecule has 0 aliphatic carbocycles. The van der Waals surface area contributed by atoms with Gasteiger partial charge in [-0.15, -0.1) is 11.3 Å². The van der Waals surface area contributed by atoms with Crippen molar-refractivity contribution in [2.24, 2.45) is 0 Å². The standard InChI is InChI=1S/C13H18N2O3S/c1-3-14-9-5-4-7-15(12(9)16)10-6-8-19-11(10)13(17)18-2/h6,8-9,14H,3-5,7H2,1-2H3. The molecule has 19 heavy (non-hydrogen) atoms. The molecule has 6 heteroatoms. The molecule has 1 unspecified atom stereocenters. The van der Waals surface area contributed by atoms with E-state index >= 15 is 0 Å². The van der Waals surface area contributed by atoms with Crippen molar-refractivity contribution in [3.63, 3.8) is 0 Å². The van der Waals surface area contributed by atoms with Crippen LogP contribution in [-0.4, -0.2) is 38.1 Å². The number of rotatable bonds is 4. The average Bonchev–Trinajstić information content (AvgIpc) is 2.89. The van der Waals surface area contributed by atoms with Gasteiger partial charge in [0.2, 0.25) is 5.91 Å². The lowest BCUT2D eigenvalue weighted by Gasteiger charge is -2.32. The lowest BCUT2D eigenvalue weighted by Crippen LogP contribution is -2.51. The van der Waals surface area contributed by atoms with Gasteiger partial charge in [0, 0.05) is 6.54 Å². The van der Waals surface area contributed by atoms with Crippen molar-refractivity contribution in [1.29, 1.82) is 0 Å². The van der Waals surface area contributed by atoms with Crippen LogP contribution in [0.25, 0.3) is 0 Å². The first-order chi connectivity index (χ1) is 9.19. The molecule has 1 N–H and O–H groups in total.